The van der Waals surface area contributed by atoms with Crippen LogP contribution in [0, 0.1) is 0 Å². The van der Waals surface area contributed by atoms with Gasteiger partial charge in [-0.25, -0.2) is 0 Å². The Kier molecular flexibility index (Phi) is 7.10. The van der Waals surface area contributed by atoms with Crippen LogP contribution in [-0.4, -0.2) is 43.6 Å². The van der Waals surface area contributed by atoms with Gasteiger partial charge in [0.2, 0.25) is 0 Å². The second-order valence-corrected chi connectivity index (χ2v) is 5.42. The first kappa shape index (κ1) is 18.6. The van der Waals surface area contributed by atoms with Crippen LogP contribution in [0.25, 0.3) is 0 Å². The monoisotopic (exact) mass is 341 g/mol. The topological polar surface area (TPSA) is 71.5 Å². The normalized spacial score (nSPS) is 10.3. The first-order valence-electron chi connectivity index (χ1n) is 8.27. The Balaban J connectivity index is 2.11. The molecule has 2 rings (SSSR count). The summed E-state index contributed by atoms with van der Waals surface area (Å²) in [5.74, 6) is -0.460. The van der Waals surface area contributed by atoms with E-state index in [0.29, 0.717) is 25.3 Å². The van der Waals surface area contributed by atoms with Crippen LogP contribution in [0.5, 0.6) is 0 Å². The third kappa shape index (κ3) is 5.12. The quantitative estimate of drug-likeness (QED) is 0.749. The van der Waals surface area contributed by atoms with Crippen LogP contribution in [0.3, 0.4) is 0 Å². The molecule has 0 saturated carbocycles. The van der Waals surface area contributed by atoms with Crippen molar-refractivity contribution >= 4 is 17.5 Å². The Labute approximate surface area is 147 Å². The molecule has 6 heteroatoms. The predicted molar refractivity (Wildman–Crippen MR) is 96.9 cm³/mol. The van der Waals surface area contributed by atoms with Crippen molar-refractivity contribution in [1.29, 1.82) is 0 Å². The zero-order valence-corrected chi connectivity index (χ0v) is 14.6. The highest BCUT2D eigenvalue weighted by Crippen LogP contribution is 2.16. The lowest BCUT2D eigenvalue weighted by molar-refractivity contribution is 0.0943. The number of nitrogens with one attached hydrogen (secondary N) is 1. The molecular weight excluding hydrogens is 318 g/mol. The van der Waals surface area contributed by atoms with Gasteiger partial charge < -0.3 is 15.0 Å². The minimum atomic E-state index is -0.298. The van der Waals surface area contributed by atoms with Gasteiger partial charge in [-0.2, -0.15) is 0 Å². The minimum Gasteiger partial charge on any atom is -0.385 e. The highest BCUT2D eigenvalue weighted by molar-refractivity contribution is 6.07. The number of rotatable bonds is 8. The van der Waals surface area contributed by atoms with E-state index in [1.807, 2.05) is 37.3 Å². The zero-order valence-electron chi connectivity index (χ0n) is 14.6. The lowest BCUT2D eigenvalue weighted by Gasteiger charge is -2.21. The van der Waals surface area contributed by atoms with E-state index in [1.54, 1.807) is 18.1 Å². The summed E-state index contributed by atoms with van der Waals surface area (Å²) in [6.07, 6.45) is 2.20. The fourth-order valence-corrected chi connectivity index (χ4v) is 2.40. The van der Waals surface area contributed by atoms with Crippen LogP contribution in [0.4, 0.5) is 5.69 Å². The molecule has 0 aliphatic heterocycles. The molecule has 0 bridgehead atoms. The number of anilines is 1. The Morgan fingerprint density at radius 2 is 1.96 bits per heavy atom. The van der Waals surface area contributed by atoms with Gasteiger partial charge in [-0.1, -0.05) is 18.2 Å². The fourth-order valence-electron chi connectivity index (χ4n) is 2.40. The first-order valence-corrected chi connectivity index (χ1v) is 8.27. The van der Waals surface area contributed by atoms with Crippen molar-refractivity contribution in [1.82, 2.24) is 10.3 Å². The second-order valence-electron chi connectivity index (χ2n) is 5.42. The molecule has 0 aliphatic carbocycles. The molecule has 0 radical (unpaired) electrons. The van der Waals surface area contributed by atoms with Gasteiger partial charge in [0.15, 0.2) is 0 Å². The molecule has 25 heavy (non-hydrogen) atoms. The van der Waals surface area contributed by atoms with Crippen LogP contribution in [0.1, 0.15) is 34.2 Å². The molecule has 1 heterocycles. The van der Waals surface area contributed by atoms with E-state index in [2.05, 4.69) is 10.3 Å². The molecule has 1 aromatic carbocycles. The van der Waals surface area contributed by atoms with E-state index in [0.717, 1.165) is 12.1 Å². The number of ether oxygens (including phenoxy) is 1. The van der Waals surface area contributed by atoms with Gasteiger partial charge in [0, 0.05) is 44.3 Å². The Morgan fingerprint density at radius 3 is 2.64 bits per heavy atom. The number of aromatic nitrogens is 1. The molecule has 0 saturated heterocycles. The third-order valence-corrected chi connectivity index (χ3v) is 3.68. The zero-order chi connectivity index (χ0) is 18.1. The molecule has 6 nitrogen and oxygen atoms in total. The fraction of sp³-hybridized carbons (Fsp3) is 0.316. The Hall–Kier alpha value is -2.73. The van der Waals surface area contributed by atoms with E-state index in [4.69, 9.17) is 4.74 Å². The van der Waals surface area contributed by atoms with Gasteiger partial charge in [-0.3, -0.25) is 14.6 Å². The SMILES string of the molecule is CCN(C(=O)c1ccnc(C(=O)NCCCOC)c1)c1ccccc1. The maximum absolute atomic E-state index is 12.8. The number of carbonyl (C=O) groups excluding carboxylic acids is 2. The average molecular weight is 341 g/mol. The molecule has 1 aromatic heterocycles. The van der Waals surface area contributed by atoms with Crippen LogP contribution >= 0.6 is 0 Å². The summed E-state index contributed by atoms with van der Waals surface area (Å²) in [6, 6.07) is 12.6. The molecule has 132 valence electrons. The maximum atomic E-state index is 12.8. The lowest BCUT2D eigenvalue weighted by Crippen LogP contribution is -2.31. The highest BCUT2D eigenvalue weighted by atomic mass is 16.5. The maximum Gasteiger partial charge on any atom is 0.269 e. The first-order chi connectivity index (χ1) is 12.2. The van der Waals surface area contributed by atoms with Gasteiger partial charge in [0.25, 0.3) is 11.8 Å². The second kappa shape index (κ2) is 9.54. The van der Waals surface area contributed by atoms with Crippen molar-refractivity contribution in [3.63, 3.8) is 0 Å². The number of hydrogen-bond acceptors (Lipinski definition) is 4. The number of pyridine rings is 1. The van der Waals surface area contributed by atoms with Gasteiger partial charge in [-0.15, -0.1) is 0 Å². The molecule has 1 N–H and O–H groups in total. The van der Waals surface area contributed by atoms with Crippen molar-refractivity contribution < 1.29 is 14.3 Å². The standard InChI is InChI=1S/C19H23N3O3/c1-3-22(16-8-5-4-6-9-16)19(24)15-10-12-20-17(14-15)18(23)21-11-7-13-25-2/h4-6,8-10,12,14H,3,7,11,13H2,1-2H3,(H,21,23). The number of nitrogens with zero attached hydrogens (tertiary/aromatic N) is 2. The van der Waals surface area contributed by atoms with Gasteiger partial charge in [0.1, 0.15) is 5.69 Å². The number of hydrogen-bond donors (Lipinski definition) is 1. The summed E-state index contributed by atoms with van der Waals surface area (Å²) in [5, 5.41) is 2.77. The largest absolute Gasteiger partial charge is 0.385 e. The lowest BCUT2D eigenvalue weighted by atomic mass is 10.1. The summed E-state index contributed by atoms with van der Waals surface area (Å²) in [7, 11) is 1.62. The molecule has 0 spiro atoms. The number of carbonyl (C=O) groups is 2. The molecule has 0 unspecified atom stereocenters. The number of methoxy groups -OCH3 is 1. The summed E-state index contributed by atoms with van der Waals surface area (Å²) in [6.45, 7) is 3.52. The van der Waals surface area contributed by atoms with Crippen molar-refractivity contribution in [2.75, 3.05) is 31.7 Å². The molecule has 0 aliphatic rings. The van der Waals surface area contributed by atoms with Crippen LogP contribution < -0.4 is 10.2 Å². The molecule has 2 aromatic rings. The predicted octanol–water partition coefficient (Wildman–Crippen LogP) is 2.51. The smallest absolute Gasteiger partial charge is 0.269 e. The van der Waals surface area contributed by atoms with Gasteiger partial charge >= 0.3 is 0 Å². The van der Waals surface area contributed by atoms with E-state index in [9.17, 15) is 9.59 Å². The van der Waals surface area contributed by atoms with E-state index < -0.39 is 0 Å². The summed E-state index contributed by atoms with van der Waals surface area (Å²) in [4.78, 5) is 30.7. The summed E-state index contributed by atoms with van der Waals surface area (Å²) in [5.41, 5.74) is 1.48. The molecule has 2 amide bonds. The van der Waals surface area contributed by atoms with Gasteiger partial charge in [-0.05, 0) is 37.6 Å². The van der Waals surface area contributed by atoms with Crippen molar-refractivity contribution in [3.05, 3.63) is 59.9 Å². The van der Waals surface area contributed by atoms with Gasteiger partial charge in [0.05, 0.1) is 0 Å². The number of benzene rings is 1. The number of para-hydroxylation sites is 1. The van der Waals surface area contributed by atoms with E-state index in [1.165, 1.54) is 12.3 Å². The summed E-state index contributed by atoms with van der Waals surface area (Å²) < 4.78 is 4.94. The number of amides is 2. The van der Waals surface area contributed by atoms with Crippen LogP contribution in [0.15, 0.2) is 48.7 Å². The minimum absolute atomic E-state index is 0.162. The summed E-state index contributed by atoms with van der Waals surface area (Å²) >= 11 is 0. The Bertz CT molecular complexity index is 704. The molecular formula is C19H23N3O3. The van der Waals surface area contributed by atoms with Crippen molar-refractivity contribution in [2.24, 2.45) is 0 Å². The van der Waals surface area contributed by atoms with Crippen molar-refractivity contribution in [2.45, 2.75) is 13.3 Å². The third-order valence-electron chi connectivity index (χ3n) is 3.68. The van der Waals surface area contributed by atoms with Crippen LogP contribution in [-0.2, 0) is 4.74 Å². The highest BCUT2D eigenvalue weighted by Gasteiger charge is 2.18. The van der Waals surface area contributed by atoms with E-state index >= 15 is 0 Å². The average Bonchev–Trinajstić information content (AvgIpc) is 2.66. The Morgan fingerprint density at radius 1 is 1.20 bits per heavy atom. The molecule has 0 fully saturated rings. The molecule has 0 atom stereocenters. The van der Waals surface area contributed by atoms with E-state index in [-0.39, 0.29) is 17.5 Å². The van der Waals surface area contributed by atoms with Crippen LogP contribution in [0.2, 0.25) is 0 Å². The van der Waals surface area contributed by atoms with Crippen molar-refractivity contribution in [3.8, 4) is 0 Å².